The lowest BCUT2D eigenvalue weighted by molar-refractivity contribution is -0.121. The maximum absolute atomic E-state index is 12.1. The van der Waals surface area contributed by atoms with Gasteiger partial charge in [-0.15, -0.1) is 0 Å². The van der Waals surface area contributed by atoms with E-state index in [1.165, 1.54) is 15.1 Å². The zero-order valence-corrected chi connectivity index (χ0v) is 15.4. The van der Waals surface area contributed by atoms with Gasteiger partial charge in [-0.3, -0.25) is 14.3 Å². The minimum atomic E-state index is -3.14. The lowest BCUT2D eigenvalue weighted by Gasteiger charge is -2.33. The number of fused-ring (bicyclic) bond motifs is 1. The number of nitrogens with one attached hydrogen (secondary N) is 1. The Bertz CT molecular complexity index is 941. The van der Waals surface area contributed by atoms with Crippen molar-refractivity contribution < 1.29 is 17.6 Å². The molecule has 1 aromatic heterocycles. The average Bonchev–Trinajstić information content (AvgIpc) is 2.90. The first-order valence-corrected chi connectivity index (χ1v) is 10.2. The van der Waals surface area contributed by atoms with Crippen LogP contribution in [0.3, 0.4) is 0 Å². The van der Waals surface area contributed by atoms with E-state index in [4.69, 9.17) is 4.42 Å². The van der Waals surface area contributed by atoms with E-state index in [1.54, 1.807) is 24.3 Å². The third-order valence-corrected chi connectivity index (χ3v) is 5.73. The van der Waals surface area contributed by atoms with Gasteiger partial charge in [0.15, 0.2) is 5.58 Å². The zero-order valence-electron chi connectivity index (χ0n) is 14.6. The number of nitrogens with zero attached hydrogens (tertiary/aromatic N) is 3. The fourth-order valence-corrected chi connectivity index (χ4v) is 3.83. The van der Waals surface area contributed by atoms with Crippen LogP contribution in [0.4, 0.5) is 0 Å². The Kier molecular flexibility index (Phi) is 5.44. The fourth-order valence-electron chi connectivity index (χ4n) is 3.00. The second-order valence-corrected chi connectivity index (χ2v) is 8.26. The molecule has 1 N–H and O–H groups in total. The van der Waals surface area contributed by atoms with Crippen molar-refractivity contribution in [3.8, 4) is 0 Å². The maximum atomic E-state index is 12.1. The quantitative estimate of drug-likeness (QED) is 0.708. The Hall–Kier alpha value is -2.17. The number of para-hydroxylation sites is 2. The molecule has 26 heavy (non-hydrogen) atoms. The van der Waals surface area contributed by atoms with Gasteiger partial charge in [0, 0.05) is 39.3 Å². The summed E-state index contributed by atoms with van der Waals surface area (Å²) in [6.45, 7) is 3.15. The molecule has 2 aromatic rings. The number of aromatic nitrogens is 1. The summed E-state index contributed by atoms with van der Waals surface area (Å²) >= 11 is 0. The summed E-state index contributed by atoms with van der Waals surface area (Å²) in [5, 5.41) is 2.79. The number of hydrogen-bond donors (Lipinski definition) is 1. The number of oxazole rings is 1. The SMILES string of the molecule is CS(=O)(=O)N1CCN(CCNC(=O)Cn2c(=O)oc3ccccc32)CC1. The van der Waals surface area contributed by atoms with Gasteiger partial charge in [0.1, 0.15) is 6.54 Å². The van der Waals surface area contributed by atoms with E-state index in [9.17, 15) is 18.0 Å². The summed E-state index contributed by atoms with van der Waals surface area (Å²) in [6, 6.07) is 6.96. The van der Waals surface area contributed by atoms with Crippen LogP contribution in [-0.2, 0) is 21.4 Å². The van der Waals surface area contributed by atoms with Crippen LogP contribution in [0.5, 0.6) is 0 Å². The minimum Gasteiger partial charge on any atom is -0.408 e. The van der Waals surface area contributed by atoms with Gasteiger partial charge < -0.3 is 9.73 Å². The highest BCUT2D eigenvalue weighted by atomic mass is 32.2. The van der Waals surface area contributed by atoms with Crippen molar-refractivity contribution in [2.24, 2.45) is 0 Å². The zero-order chi connectivity index (χ0) is 18.7. The van der Waals surface area contributed by atoms with E-state index in [0.29, 0.717) is 50.4 Å². The lowest BCUT2D eigenvalue weighted by Crippen LogP contribution is -2.50. The predicted octanol–water partition coefficient (Wildman–Crippen LogP) is -0.712. The van der Waals surface area contributed by atoms with Gasteiger partial charge in [0.2, 0.25) is 15.9 Å². The van der Waals surface area contributed by atoms with Crippen molar-refractivity contribution in [3.05, 3.63) is 34.8 Å². The Balaban J connectivity index is 1.46. The van der Waals surface area contributed by atoms with Gasteiger partial charge in [-0.2, -0.15) is 4.31 Å². The standard InChI is InChI=1S/C16H22N4O5S/c1-26(23,24)19-10-8-18(9-11-19)7-6-17-15(21)12-20-13-4-2-3-5-14(13)25-16(20)22/h2-5H,6-12H2,1H3,(H,17,21). The lowest BCUT2D eigenvalue weighted by atomic mass is 10.3. The number of hydrogen-bond acceptors (Lipinski definition) is 6. The number of carbonyl (C=O) groups excluding carboxylic acids is 1. The molecule has 142 valence electrons. The fraction of sp³-hybridized carbons (Fsp3) is 0.500. The molecule has 0 radical (unpaired) electrons. The smallest absolute Gasteiger partial charge is 0.408 e. The van der Waals surface area contributed by atoms with Crippen LogP contribution in [-0.4, -0.2) is 73.6 Å². The van der Waals surface area contributed by atoms with E-state index >= 15 is 0 Å². The van der Waals surface area contributed by atoms with Crippen molar-refractivity contribution in [1.82, 2.24) is 19.1 Å². The van der Waals surface area contributed by atoms with Crippen molar-refractivity contribution in [3.63, 3.8) is 0 Å². The van der Waals surface area contributed by atoms with Crippen molar-refractivity contribution in [2.75, 3.05) is 45.5 Å². The molecule has 0 spiro atoms. The first-order valence-electron chi connectivity index (χ1n) is 8.37. The summed E-state index contributed by atoms with van der Waals surface area (Å²) in [5.41, 5.74) is 1.04. The number of amides is 1. The molecular formula is C16H22N4O5S. The average molecular weight is 382 g/mol. The van der Waals surface area contributed by atoms with Crippen LogP contribution >= 0.6 is 0 Å². The summed E-state index contributed by atoms with van der Waals surface area (Å²) in [5.74, 6) is -0.827. The van der Waals surface area contributed by atoms with Gasteiger partial charge >= 0.3 is 5.76 Å². The second kappa shape index (κ2) is 7.60. The molecule has 1 aliphatic heterocycles. The normalized spacial score (nSPS) is 16.8. The highest BCUT2D eigenvalue weighted by Crippen LogP contribution is 2.11. The molecule has 0 aliphatic carbocycles. The van der Waals surface area contributed by atoms with E-state index in [1.807, 2.05) is 0 Å². The minimum absolute atomic E-state index is 0.0995. The molecule has 0 saturated carbocycles. The van der Waals surface area contributed by atoms with Crippen LogP contribution in [0.1, 0.15) is 0 Å². The molecule has 9 nitrogen and oxygen atoms in total. The molecule has 2 heterocycles. The van der Waals surface area contributed by atoms with Crippen LogP contribution in [0.25, 0.3) is 11.1 Å². The first kappa shape index (κ1) is 18.6. The molecule has 1 fully saturated rings. The number of rotatable bonds is 6. The number of carbonyl (C=O) groups is 1. The van der Waals surface area contributed by atoms with Crippen molar-refractivity contribution in [2.45, 2.75) is 6.54 Å². The Morgan fingerprint density at radius 3 is 2.58 bits per heavy atom. The maximum Gasteiger partial charge on any atom is 0.420 e. The van der Waals surface area contributed by atoms with Crippen molar-refractivity contribution >= 4 is 27.0 Å². The summed E-state index contributed by atoms with van der Waals surface area (Å²) in [6.07, 6.45) is 1.21. The Morgan fingerprint density at radius 1 is 1.19 bits per heavy atom. The van der Waals surface area contributed by atoms with Gasteiger partial charge in [-0.1, -0.05) is 12.1 Å². The van der Waals surface area contributed by atoms with Gasteiger partial charge in [0.05, 0.1) is 11.8 Å². The molecule has 0 atom stereocenters. The van der Waals surface area contributed by atoms with Crippen molar-refractivity contribution in [1.29, 1.82) is 0 Å². The van der Waals surface area contributed by atoms with Gasteiger partial charge in [-0.05, 0) is 12.1 Å². The third-order valence-electron chi connectivity index (χ3n) is 4.43. The summed E-state index contributed by atoms with van der Waals surface area (Å²) < 4.78 is 30.8. The molecule has 3 rings (SSSR count). The van der Waals surface area contributed by atoms with Gasteiger partial charge in [-0.25, -0.2) is 13.2 Å². The van der Waals surface area contributed by atoms with Crippen LogP contribution < -0.4 is 11.1 Å². The van der Waals surface area contributed by atoms with Crippen LogP contribution in [0.2, 0.25) is 0 Å². The molecular weight excluding hydrogens is 360 g/mol. The van der Waals surface area contributed by atoms with E-state index in [2.05, 4.69) is 10.2 Å². The summed E-state index contributed by atoms with van der Waals surface area (Å²) in [4.78, 5) is 26.1. The number of sulfonamides is 1. The third kappa shape index (κ3) is 4.32. The second-order valence-electron chi connectivity index (χ2n) is 6.28. The largest absolute Gasteiger partial charge is 0.420 e. The van der Waals surface area contributed by atoms with Crippen LogP contribution in [0.15, 0.2) is 33.5 Å². The Labute approximate surface area is 151 Å². The highest BCUT2D eigenvalue weighted by Gasteiger charge is 2.23. The van der Waals surface area contributed by atoms with Crippen LogP contribution in [0, 0.1) is 0 Å². The Morgan fingerprint density at radius 2 is 1.88 bits per heavy atom. The number of benzene rings is 1. The topological polar surface area (TPSA) is 105 Å². The molecule has 0 bridgehead atoms. The molecule has 1 saturated heterocycles. The van der Waals surface area contributed by atoms with E-state index in [0.717, 1.165) is 0 Å². The molecule has 1 amide bonds. The van der Waals surface area contributed by atoms with E-state index in [-0.39, 0.29) is 12.5 Å². The molecule has 1 aliphatic rings. The molecule has 10 heteroatoms. The highest BCUT2D eigenvalue weighted by molar-refractivity contribution is 7.88. The first-order chi connectivity index (χ1) is 12.3. The molecule has 0 unspecified atom stereocenters. The van der Waals surface area contributed by atoms with Gasteiger partial charge in [0.25, 0.3) is 0 Å². The monoisotopic (exact) mass is 382 g/mol. The van der Waals surface area contributed by atoms with E-state index < -0.39 is 15.8 Å². The molecule has 1 aromatic carbocycles. The predicted molar refractivity (Wildman–Crippen MR) is 96.3 cm³/mol. The summed E-state index contributed by atoms with van der Waals surface area (Å²) in [7, 11) is -3.14. The number of piperazine rings is 1.